The molecule has 11 heavy (non-hydrogen) atoms. The zero-order valence-corrected chi connectivity index (χ0v) is 6.88. The molecule has 0 aliphatic heterocycles. The maximum absolute atomic E-state index is 9.95. The van der Waals surface area contributed by atoms with Crippen LogP contribution in [-0.2, 0) is 0 Å². The summed E-state index contributed by atoms with van der Waals surface area (Å²) in [6.07, 6.45) is 1.42. The number of hydrogen-bond donors (Lipinski definition) is 0. The molecule has 1 heterocycles. The van der Waals surface area contributed by atoms with Crippen LogP contribution in [0.5, 0.6) is 0 Å². The molecule has 0 aromatic carbocycles. The summed E-state index contributed by atoms with van der Waals surface area (Å²) in [6, 6.07) is 3.16. The van der Waals surface area contributed by atoms with Gasteiger partial charge in [-0.05, 0) is 11.2 Å². The molecule has 0 saturated heterocycles. The van der Waals surface area contributed by atoms with Crippen LogP contribution in [0.3, 0.4) is 0 Å². The molecule has 5 heteroatoms. The first-order valence-electron chi connectivity index (χ1n) is 2.82. The molecule has 58 valence electrons. The van der Waals surface area contributed by atoms with E-state index < -0.39 is 5.50 Å². The topological polar surface area (TPSA) is 42.3 Å². The number of nitroso groups, excluding NO2 is 1. The fourth-order valence-electron chi connectivity index (χ4n) is 0.589. The van der Waals surface area contributed by atoms with E-state index >= 15 is 0 Å². The highest BCUT2D eigenvalue weighted by molar-refractivity contribution is 6.29. The molecule has 0 amide bonds. The first-order chi connectivity index (χ1) is 5.24. The molecule has 0 bridgehead atoms. The number of halogens is 2. The molecule has 0 saturated carbocycles. The van der Waals surface area contributed by atoms with Crippen molar-refractivity contribution in [2.24, 2.45) is 5.18 Å². The van der Waals surface area contributed by atoms with Crippen molar-refractivity contribution in [3.8, 4) is 0 Å². The maximum atomic E-state index is 9.95. The van der Waals surface area contributed by atoms with Crippen LogP contribution in [0.25, 0.3) is 0 Å². The Morgan fingerprint density at radius 3 is 2.73 bits per heavy atom. The van der Waals surface area contributed by atoms with Gasteiger partial charge in [-0.1, -0.05) is 29.3 Å². The smallest absolute Gasteiger partial charge is 0.191 e. The van der Waals surface area contributed by atoms with Gasteiger partial charge in [0.25, 0.3) is 0 Å². The highest BCUT2D eigenvalue weighted by Gasteiger charge is 2.06. The lowest BCUT2D eigenvalue weighted by atomic mass is 10.3. The van der Waals surface area contributed by atoms with E-state index in [2.05, 4.69) is 10.2 Å². The second kappa shape index (κ2) is 3.64. The molecule has 0 fully saturated rings. The van der Waals surface area contributed by atoms with Crippen LogP contribution < -0.4 is 0 Å². The normalized spacial score (nSPS) is 12.5. The van der Waals surface area contributed by atoms with Crippen molar-refractivity contribution >= 4 is 23.2 Å². The summed E-state index contributed by atoms with van der Waals surface area (Å²) in [6.45, 7) is 0. The molecule has 0 aliphatic carbocycles. The Morgan fingerprint density at radius 1 is 1.55 bits per heavy atom. The molecule has 0 spiro atoms. The number of aromatic nitrogens is 1. The van der Waals surface area contributed by atoms with E-state index in [1.807, 2.05) is 0 Å². The summed E-state index contributed by atoms with van der Waals surface area (Å²) in [7, 11) is 0. The van der Waals surface area contributed by atoms with E-state index in [0.29, 0.717) is 10.7 Å². The largest absolute Gasteiger partial charge is 0.244 e. The Bertz CT molecular complexity index is 249. The van der Waals surface area contributed by atoms with Crippen LogP contribution in [0.1, 0.15) is 11.1 Å². The van der Waals surface area contributed by atoms with Crippen molar-refractivity contribution in [3.05, 3.63) is 34.0 Å². The fraction of sp³-hybridized carbons (Fsp3) is 0.167. The molecule has 1 unspecified atom stereocenters. The number of hydrogen-bond acceptors (Lipinski definition) is 3. The number of rotatable bonds is 2. The SMILES string of the molecule is O=NC(Cl)c1ccc(Cl)nc1. The fourth-order valence-corrected chi connectivity index (χ4v) is 0.830. The summed E-state index contributed by atoms with van der Waals surface area (Å²) in [5.41, 5.74) is -0.328. The number of alkyl halides is 1. The molecule has 0 radical (unpaired) electrons. The van der Waals surface area contributed by atoms with Gasteiger partial charge in [-0.15, -0.1) is 4.91 Å². The standard InChI is InChI=1S/C6H4Cl2N2O/c7-5-2-1-4(3-9-5)6(8)10-11/h1-3,6H. The lowest BCUT2D eigenvalue weighted by molar-refractivity contribution is 0.989. The Balaban J connectivity index is 2.89. The van der Waals surface area contributed by atoms with Crippen molar-refractivity contribution < 1.29 is 0 Å². The van der Waals surface area contributed by atoms with Gasteiger partial charge >= 0.3 is 0 Å². The second-order valence-corrected chi connectivity index (χ2v) is 2.66. The molecule has 1 aromatic heterocycles. The predicted octanol–water partition coefficient (Wildman–Crippen LogP) is 2.74. The van der Waals surface area contributed by atoms with Gasteiger partial charge in [0.15, 0.2) is 5.50 Å². The van der Waals surface area contributed by atoms with Gasteiger partial charge in [-0.2, -0.15) is 0 Å². The molecule has 1 atom stereocenters. The molecule has 1 rings (SSSR count). The highest BCUT2D eigenvalue weighted by Crippen LogP contribution is 2.20. The van der Waals surface area contributed by atoms with Gasteiger partial charge in [0.1, 0.15) is 5.15 Å². The van der Waals surface area contributed by atoms with Crippen LogP contribution in [0.2, 0.25) is 5.15 Å². The summed E-state index contributed by atoms with van der Waals surface area (Å²) in [5.74, 6) is 0. The van der Waals surface area contributed by atoms with Crippen LogP contribution in [0.15, 0.2) is 23.5 Å². The van der Waals surface area contributed by atoms with Crippen LogP contribution in [0.4, 0.5) is 0 Å². The lowest BCUT2D eigenvalue weighted by Gasteiger charge is -1.98. The zero-order valence-electron chi connectivity index (χ0n) is 5.37. The van der Waals surface area contributed by atoms with Crippen LogP contribution >= 0.6 is 23.2 Å². The number of nitrogens with zero attached hydrogens (tertiary/aromatic N) is 2. The average Bonchev–Trinajstić information content (AvgIpc) is 2.05. The van der Waals surface area contributed by atoms with Crippen LogP contribution in [-0.4, -0.2) is 4.98 Å². The Morgan fingerprint density at radius 2 is 2.27 bits per heavy atom. The summed E-state index contributed by atoms with van der Waals surface area (Å²) in [5, 5.41) is 2.99. The minimum atomic E-state index is -0.875. The highest BCUT2D eigenvalue weighted by atomic mass is 35.5. The third kappa shape index (κ3) is 2.13. The van der Waals surface area contributed by atoms with Crippen molar-refractivity contribution in [1.82, 2.24) is 4.98 Å². The second-order valence-electron chi connectivity index (χ2n) is 1.86. The summed E-state index contributed by atoms with van der Waals surface area (Å²) >= 11 is 11.0. The molecular formula is C6H4Cl2N2O. The average molecular weight is 191 g/mol. The molecular weight excluding hydrogens is 187 g/mol. The Labute approximate surface area is 73.3 Å². The minimum absolute atomic E-state index is 0.364. The molecule has 0 N–H and O–H groups in total. The van der Waals surface area contributed by atoms with Gasteiger partial charge in [0.05, 0.1) is 0 Å². The van der Waals surface area contributed by atoms with Crippen molar-refractivity contribution in [2.45, 2.75) is 5.50 Å². The van der Waals surface area contributed by atoms with Gasteiger partial charge < -0.3 is 0 Å². The van der Waals surface area contributed by atoms with Crippen molar-refractivity contribution in [1.29, 1.82) is 0 Å². The van der Waals surface area contributed by atoms with Crippen LogP contribution in [0, 0.1) is 4.91 Å². The maximum Gasteiger partial charge on any atom is 0.191 e. The third-order valence-electron chi connectivity index (χ3n) is 1.12. The summed E-state index contributed by atoms with van der Waals surface area (Å²) < 4.78 is 0. The Hall–Kier alpha value is -0.670. The van der Waals surface area contributed by atoms with Gasteiger partial charge in [0.2, 0.25) is 0 Å². The van der Waals surface area contributed by atoms with E-state index in [0.717, 1.165) is 0 Å². The summed E-state index contributed by atoms with van der Waals surface area (Å²) in [4.78, 5) is 13.7. The third-order valence-corrected chi connectivity index (χ3v) is 1.67. The predicted molar refractivity (Wildman–Crippen MR) is 43.6 cm³/mol. The van der Waals surface area contributed by atoms with Gasteiger partial charge in [-0.25, -0.2) is 4.98 Å². The van der Waals surface area contributed by atoms with Gasteiger partial charge in [0, 0.05) is 11.8 Å². The Kier molecular flexibility index (Phi) is 2.79. The van der Waals surface area contributed by atoms with Gasteiger partial charge in [-0.3, -0.25) is 0 Å². The first kappa shape index (κ1) is 8.43. The minimum Gasteiger partial charge on any atom is -0.244 e. The molecule has 1 aromatic rings. The first-order valence-corrected chi connectivity index (χ1v) is 3.63. The van der Waals surface area contributed by atoms with E-state index in [1.54, 1.807) is 12.1 Å². The van der Waals surface area contributed by atoms with E-state index in [1.165, 1.54) is 6.20 Å². The molecule has 0 aliphatic rings. The van der Waals surface area contributed by atoms with Crippen molar-refractivity contribution in [3.63, 3.8) is 0 Å². The monoisotopic (exact) mass is 190 g/mol. The quantitative estimate of drug-likeness (QED) is 0.312. The lowest BCUT2D eigenvalue weighted by Crippen LogP contribution is -1.86. The van der Waals surface area contributed by atoms with E-state index in [9.17, 15) is 4.91 Å². The van der Waals surface area contributed by atoms with E-state index in [4.69, 9.17) is 23.2 Å². The van der Waals surface area contributed by atoms with Crippen molar-refractivity contribution in [2.75, 3.05) is 0 Å². The zero-order chi connectivity index (χ0) is 8.27. The molecule has 3 nitrogen and oxygen atoms in total. The van der Waals surface area contributed by atoms with E-state index in [-0.39, 0.29) is 0 Å². The number of pyridine rings is 1.